The molecular formula is C17H28N4O4S. The standard InChI is InChI=1S/C17H28N4O4S/c1-14(15-2-5-18-6-3-15)12-17(22)20-7-9-21(10-8-20)26(23,24)13-16-4-11-25-19-16/h4,11,14-15,18H,2-3,5-10,12-13H2,1H3. The predicted molar refractivity (Wildman–Crippen MR) is 96.7 cm³/mol. The highest BCUT2D eigenvalue weighted by atomic mass is 32.2. The number of hydrogen-bond donors (Lipinski definition) is 1. The van der Waals surface area contributed by atoms with Gasteiger partial charge in [0.05, 0.1) is 5.69 Å². The first-order valence-corrected chi connectivity index (χ1v) is 10.9. The molecule has 8 nitrogen and oxygen atoms in total. The highest BCUT2D eigenvalue weighted by molar-refractivity contribution is 7.88. The van der Waals surface area contributed by atoms with Crippen LogP contribution >= 0.6 is 0 Å². The Bertz CT molecular complexity index is 678. The molecule has 0 radical (unpaired) electrons. The summed E-state index contributed by atoms with van der Waals surface area (Å²) in [4.78, 5) is 14.4. The zero-order valence-electron chi connectivity index (χ0n) is 15.3. The molecule has 2 fully saturated rings. The summed E-state index contributed by atoms with van der Waals surface area (Å²) >= 11 is 0. The molecule has 1 N–H and O–H groups in total. The first-order chi connectivity index (χ1) is 12.5. The number of rotatable bonds is 6. The van der Waals surface area contributed by atoms with E-state index in [4.69, 9.17) is 4.52 Å². The van der Waals surface area contributed by atoms with Gasteiger partial charge in [0.15, 0.2) is 0 Å². The lowest BCUT2D eigenvalue weighted by Gasteiger charge is -2.35. The van der Waals surface area contributed by atoms with Crippen molar-refractivity contribution < 1.29 is 17.7 Å². The van der Waals surface area contributed by atoms with Gasteiger partial charge in [-0.3, -0.25) is 4.79 Å². The number of hydrogen-bond acceptors (Lipinski definition) is 6. The van der Waals surface area contributed by atoms with Crippen LogP contribution in [0.15, 0.2) is 16.9 Å². The molecule has 9 heteroatoms. The number of aromatic nitrogens is 1. The van der Waals surface area contributed by atoms with Crippen molar-refractivity contribution in [2.75, 3.05) is 39.3 Å². The fourth-order valence-corrected chi connectivity index (χ4v) is 5.22. The van der Waals surface area contributed by atoms with Crippen molar-refractivity contribution in [3.05, 3.63) is 18.0 Å². The summed E-state index contributed by atoms with van der Waals surface area (Å²) in [6.45, 7) is 5.82. The Morgan fingerprint density at radius 1 is 1.31 bits per heavy atom. The summed E-state index contributed by atoms with van der Waals surface area (Å²) in [6, 6.07) is 1.56. The van der Waals surface area contributed by atoms with Gasteiger partial charge >= 0.3 is 0 Å². The molecule has 0 aliphatic carbocycles. The zero-order chi connectivity index (χ0) is 18.6. The molecule has 0 saturated carbocycles. The zero-order valence-corrected chi connectivity index (χ0v) is 16.1. The van der Waals surface area contributed by atoms with Gasteiger partial charge in [0.25, 0.3) is 0 Å². The Morgan fingerprint density at radius 2 is 2.00 bits per heavy atom. The molecular weight excluding hydrogens is 356 g/mol. The van der Waals surface area contributed by atoms with Crippen molar-refractivity contribution in [3.8, 4) is 0 Å². The number of sulfonamides is 1. The van der Waals surface area contributed by atoms with E-state index in [1.807, 2.05) is 0 Å². The van der Waals surface area contributed by atoms with E-state index in [2.05, 4.69) is 17.4 Å². The Labute approximate surface area is 154 Å². The van der Waals surface area contributed by atoms with Crippen LogP contribution in [-0.4, -0.2) is 68.0 Å². The molecule has 146 valence electrons. The maximum absolute atomic E-state index is 12.6. The lowest BCUT2D eigenvalue weighted by atomic mass is 9.84. The van der Waals surface area contributed by atoms with Crippen LogP contribution in [0.5, 0.6) is 0 Å². The fraction of sp³-hybridized carbons (Fsp3) is 0.765. The molecule has 1 aromatic rings. The van der Waals surface area contributed by atoms with Gasteiger partial charge in [-0.1, -0.05) is 12.1 Å². The van der Waals surface area contributed by atoms with Gasteiger partial charge in [-0.2, -0.15) is 4.31 Å². The van der Waals surface area contributed by atoms with Crippen LogP contribution in [0, 0.1) is 11.8 Å². The van der Waals surface area contributed by atoms with Crippen molar-refractivity contribution in [2.24, 2.45) is 11.8 Å². The molecule has 2 aliphatic rings. The van der Waals surface area contributed by atoms with Gasteiger partial charge in [-0.15, -0.1) is 0 Å². The number of piperazine rings is 1. The molecule has 0 spiro atoms. The van der Waals surface area contributed by atoms with E-state index < -0.39 is 10.0 Å². The first kappa shape index (κ1) is 19.3. The number of piperidine rings is 1. The third-order valence-electron chi connectivity index (χ3n) is 5.49. The summed E-state index contributed by atoms with van der Waals surface area (Å²) in [5, 5.41) is 7.02. The maximum Gasteiger partial charge on any atom is 0.222 e. The third-order valence-corrected chi connectivity index (χ3v) is 7.30. The highest BCUT2D eigenvalue weighted by Gasteiger charge is 2.31. The Hall–Kier alpha value is -1.45. The van der Waals surface area contributed by atoms with Crippen molar-refractivity contribution in [2.45, 2.75) is 31.9 Å². The molecule has 0 bridgehead atoms. The molecule has 1 aromatic heterocycles. The lowest BCUT2D eigenvalue weighted by molar-refractivity contribution is -0.133. The van der Waals surface area contributed by atoms with Crippen LogP contribution in [-0.2, 0) is 20.6 Å². The van der Waals surface area contributed by atoms with Gasteiger partial charge in [-0.25, -0.2) is 8.42 Å². The minimum atomic E-state index is -3.43. The number of carbonyl (C=O) groups is 1. The normalized spacial score (nSPS) is 21.7. The maximum atomic E-state index is 12.6. The molecule has 1 amide bonds. The molecule has 3 heterocycles. The fourth-order valence-electron chi connectivity index (χ4n) is 3.79. The van der Waals surface area contributed by atoms with Crippen LogP contribution in [0.3, 0.4) is 0 Å². The summed E-state index contributed by atoms with van der Waals surface area (Å²) < 4.78 is 31.0. The Morgan fingerprint density at radius 3 is 2.62 bits per heavy atom. The minimum Gasteiger partial charge on any atom is -0.364 e. The van der Waals surface area contributed by atoms with Crippen LogP contribution in [0.25, 0.3) is 0 Å². The summed E-state index contributed by atoms with van der Waals surface area (Å²) in [7, 11) is -3.43. The number of nitrogens with zero attached hydrogens (tertiary/aromatic N) is 3. The van der Waals surface area contributed by atoms with Crippen LogP contribution in [0.1, 0.15) is 31.9 Å². The second kappa shape index (κ2) is 8.49. The van der Waals surface area contributed by atoms with E-state index in [0.717, 1.165) is 25.9 Å². The SMILES string of the molecule is CC(CC(=O)N1CCN(S(=O)(=O)Cc2ccon2)CC1)C1CCNCC1. The predicted octanol–water partition coefficient (Wildman–Crippen LogP) is 0.674. The van der Waals surface area contributed by atoms with E-state index >= 15 is 0 Å². The van der Waals surface area contributed by atoms with E-state index in [0.29, 0.717) is 50.1 Å². The Balaban J connectivity index is 1.47. The quantitative estimate of drug-likeness (QED) is 0.775. The highest BCUT2D eigenvalue weighted by Crippen LogP contribution is 2.25. The molecule has 0 aromatic carbocycles. The molecule has 2 aliphatic heterocycles. The first-order valence-electron chi connectivity index (χ1n) is 9.31. The minimum absolute atomic E-state index is 0.143. The monoisotopic (exact) mass is 384 g/mol. The van der Waals surface area contributed by atoms with E-state index in [1.165, 1.54) is 10.6 Å². The van der Waals surface area contributed by atoms with E-state index in [1.54, 1.807) is 11.0 Å². The molecule has 3 rings (SSSR count). The van der Waals surface area contributed by atoms with Gasteiger partial charge in [-0.05, 0) is 37.8 Å². The molecule has 1 unspecified atom stereocenters. The molecule has 1 atom stereocenters. The van der Waals surface area contributed by atoms with Gasteiger partial charge in [0, 0.05) is 38.7 Å². The van der Waals surface area contributed by atoms with Gasteiger partial charge < -0.3 is 14.7 Å². The van der Waals surface area contributed by atoms with Crippen molar-refractivity contribution in [1.82, 2.24) is 19.7 Å². The lowest BCUT2D eigenvalue weighted by Crippen LogP contribution is -2.51. The van der Waals surface area contributed by atoms with Crippen LogP contribution < -0.4 is 5.32 Å². The van der Waals surface area contributed by atoms with Crippen LogP contribution in [0.2, 0.25) is 0 Å². The second-order valence-electron chi connectivity index (χ2n) is 7.30. The summed E-state index contributed by atoms with van der Waals surface area (Å²) in [5.74, 6) is 0.955. The number of carbonyl (C=O) groups excluding carboxylic acids is 1. The average Bonchev–Trinajstić information content (AvgIpc) is 3.14. The topological polar surface area (TPSA) is 95.8 Å². The van der Waals surface area contributed by atoms with Gasteiger partial charge in [0.1, 0.15) is 12.0 Å². The smallest absolute Gasteiger partial charge is 0.222 e. The number of nitrogens with one attached hydrogen (secondary N) is 1. The van der Waals surface area contributed by atoms with Crippen molar-refractivity contribution in [3.63, 3.8) is 0 Å². The van der Waals surface area contributed by atoms with Crippen molar-refractivity contribution >= 4 is 15.9 Å². The van der Waals surface area contributed by atoms with E-state index in [9.17, 15) is 13.2 Å². The number of amides is 1. The van der Waals surface area contributed by atoms with Crippen molar-refractivity contribution in [1.29, 1.82) is 0 Å². The third kappa shape index (κ3) is 4.83. The summed E-state index contributed by atoms with van der Waals surface area (Å²) in [5.41, 5.74) is 0.402. The molecule has 26 heavy (non-hydrogen) atoms. The Kier molecular flexibility index (Phi) is 6.31. The average molecular weight is 385 g/mol. The second-order valence-corrected chi connectivity index (χ2v) is 9.26. The largest absolute Gasteiger partial charge is 0.364 e. The molecule has 2 saturated heterocycles. The summed E-state index contributed by atoms with van der Waals surface area (Å²) in [6.07, 6.45) is 4.17. The van der Waals surface area contributed by atoms with E-state index in [-0.39, 0.29) is 11.7 Å². The van der Waals surface area contributed by atoms with Gasteiger partial charge in [0.2, 0.25) is 15.9 Å². The van der Waals surface area contributed by atoms with Crippen LogP contribution in [0.4, 0.5) is 0 Å².